The quantitative estimate of drug-likeness (QED) is 0.694. The third-order valence-corrected chi connectivity index (χ3v) is 2.67. The smallest absolute Gasteiger partial charge is 0.221 e. The number of amides is 1. The maximum Gasteiger partial charge on any atom is 0.221 e. The van der Waals surface area contributed by atoms with E-state index in [2.05, 4.69) is 5.32 Å². The molecule has 0 aliphatic carbocycles. The average Bonchev–Trinajstić information content (AvgIpc) is 2.36. The Morgan fingerprint density at radius 3 is 2.56 bits per heavy atom. The number of halogens is 1. The third kappa shape index (κ3) is 6.00. The minimum Gasteiger partial charge on any atom is -0.396 e. The molecule has 4 N–H and O–H groups in total. The molecule has 1 aromatic rings. The van der Waals surface area contributed by atoms with E-state index in [0.29, 0.717) is 25.9 Å². The van der Waals surface area contributed by atoms with Gasteiger partial charge in [0.2, 0.25) is 5.91 Å². The van der Waals surface area contributed by atoms with Crippen molar-refractivity contribution in [3.05, 3.63) is 35.9 Å². The molecule has 1 unspecified atom stereocenters. The fraction of sp³-hybridized carbons (Fsp3) is 0.462. The summed E-state index contributed by atoms with van der Waals surface area (Å²) in [4.78, 5) is 11.3. The Morgan fingerprint density at radius 2 is 2.00 bits per heavy atom. The maximum absolute atomic E-state index is 11.3. The van der Waals surface area contributed by atoms with Gasteiger partial charge in [-0.15, -0.1) is 12.4 Å². The molecule has 0 heterocycles. The summed E-state index contributed by atoms with van der Waals surface area (Å²) in [7, 11) is 0. The molecule has 1 rings (SSSR count). The summed E-state index contributed by atoms with van der Waals surface area (Å²) >= 11 is 0. The number of nitrogens with two attached hydrogens (primary N) is 1. The van der Waals surface area contributed by atoms with Gasteiger partial charge >= 0.3 is 0 Å². The number of hydrogen-bond donors (Lipinski definition) is 3. The van der Waals surface area contributed by atoms with Gasteiger partial charge in [-0.1, -0.05) is 30.3 Å². The lowest BCUT2D eigenvalue weighted by Gasteiger charge is -2.17. The van der Waals surface area contributed by atoms with Crippen molar-refractivity contribution in [2.75, 3.05) is 19.7 Å². The van der Waals surface area contributed by atoms with E-state index >= 15 is 0 Å². The second-order valence-corrected chi connectivity index (χ2v) is 3.96. The van der Waals surface area contributed by atoms with Gasteiger partial charge in [0, 0.05) is 32.0 Å². The number of carbonyl (C=O) groups excluding carboxylic acids is 1. The molecule has 5 heteroatoms. The first kappa shape index (κ1) is 16.9. The number of nitrogens with one attached hydrogen (secondary N) is 1. The molecule has 1 aromatic carbocycles. The van der Waals surface area contributed by atoms with Crippen molar-refractivity contribution in [2.24, 2.45) is 5.73 Å². The lowest BCUT2D eigenvalue weighted by molar-refractivity contribution is -0.120. The van der Waals surface area contributed by atoms with Crippen molar-refractivity contribution in [3.63, 3.8) is 0 Å². The van der Waals surface area contributed by atoms with Crippen LogP contribution in [0.25, 0.3) is 0 Å². The maximum atomic E-state index is 11.3. The van der Waals surface area contributed by atoms with Crippen LogP contribution in [-0.2, 0) is 4.79 Å². The van der Waals surface area contributed by atoms with E-state index in [4.69, 9.17) is 10.8 Å². The molecule has 4 nitrogen and oxygen atoms in total. The molecule has 1 amide bonds. The highest BCUT2D eigenvalue weighted by Gasteiger charge is 2.11. The van der Waals surface area contributed by atoms with Crippen LogP contribution in [-0.4, -0.2) is 30.7 Å². The van der Waals surface area contributed by atoms with Crippen molar-refractivity contribution in [3.8, 4) is 0 Å². The fourth-order valence-corrected chi connectivity index (χ4v) is 1.72. The Morgan fingerprint density at radius 1 is 1.33 bits per heavy atom. The summed E-state index contributed by atoms with van der Waals surface area (Å²) in [6.07, 6.45) is 0.994. The lowest BCUT2D eigenvalue weighted by Crippen LogP contribution is -2.30. The topological polar surface area (TPSA) is 75.4 Å². The number of benzene rings is 1. The zero-order valence-electron chi connectivity index (χ0n) is 10.3. The van der Waals surface area contributed by atoms with Crippen molar-refractivity contribution >= 4 is 18.3 Å². The fourth-order valence-electron chi connectivity index (χ4n) is 1.72. The van der Waals surface area contributed by atoms with Gasteiger partial charge in [-0.25, -0.2) is 0 Å². The Bertz CT molecular complexity index is 333. The van der Waals surface area contributed by atoms with Crippen LogP contribution >= 0.6 is 12.4 Å². The summed E-state index contributed by atoms with van der Waals surface area (Å²) in [5.74, 6) is 0.120. The molecule has 1 atom stereocenters. The van der Waals surface area contributed by atoms with Crippen molar-refractivity contribution in [2.45, 2.75) is 18.8 Å². The molecule has 0 spiro atoms. The minimum absolute atomic E-state index is 0. The molecule has 0 fully saturated rings. The van der Waals surface area contributed by atoms with Crippen LogP contribution < -0.4 is 11.1 Å². The normalized spacial score (nSPS) is 11.4. The van der Waals surface area contributed by atoms with Crippen LogP contribution in [0.5, 0.6) is 0 Å². The van der Waals surface area contributed by atoms with E-state index in [1.165, 1.54) is 0 Å². The molecular formula is C13H21ClN2O2. The van der Waals surface area contributed by atoms with E-state index in [-0.39, 0.29) is 30.8 Å². The molecular weight excluding hydrogens is 252 g/mol. The Balaban J connectivity index is 0.00000289. The highest BCUT2D eigenvalue weighted by atomic mass is 35.5. The second-order valence-electron chi connectivity index (χ2n) is 3.96. The molecule has 0 aliphatic heterocycles. The van der Waals surface area contributed by atoms with Gasteiger partial charge in [0.05, 0.1) is 0 Å². The molecule has 0 bridgehead atoms. The number of aliphatic hydroxyl groups excluding tert-OH is 1. The van der Waals surface area contributed by atoms with Gasteiger partial charge in [-0.3, -0.25) is 4.79 Å². The van der Waals surface area contributed by atoms with Crippen molar-refractivity contribution in [1.29, 1.82) is 0 Å². The first-order chi connectivity index (χ1) is 8.27. The summed E-state index contributed by atoms with van der Waals surface area (Å²) in [6, 6.07) is 9.89. The summed E-state index contributed by atoms with van der Waals surface area (Å²) in [6.45, 7) is 1.03. The van der Waals surface area contributed by atoms with E-state index in [0.717, 1.165) is 5.56 Å². The lowest BCUT2D eigenvalue weighted by atomic mass is 9.96. The molecule has 0 saturated carbocycles. The number of aliphatic hydroxyl groups is 1. The van der Waals surface area contributed by atoms with Crippen LogP contribution in [0.3, 0.4) is 0 Å². The summed E-state index contributed by atoms with van der Waals surface area (Å²) < 4.78 is 0. The van der Waals surface area contributed by atoms with Crippen LogP contribution in [0, 0.1) is 0 Å². The zero-order valence-corrected chi connectivity index (χ0v) is 11.2. The van der Waals surface area contributed by atoms with Crippen LogP contribution in [0.15, 0.2) is 30.3 Å². The Hall–Kier alpha value is -1.10. The molecule has 102 valence electrons. The molecule has 0 saturated heterocycles. The molecule has 18 heavy (non-hydrogen) atoms. The Kier molecular flexibility index (Phi) is 9.28. The summed E-state index contributed by atoms with van der Waals surface area (Å²) in [5, 5.41) is 11.9. The van der Waals surface area contributed by atoms with Crippen LogP contribution in [0.2, 0.25) is 0 Å². The van der Waals surface area contributed by atoms with Gasteiger partial charge in [-0.05, 0) is 12.0 Å². The molecule has 0 radical (unpaired) electrons. The van der Waals surface area contributed by atoms with Gasteiger partial charge in [0.25, 0.3) is 0 Å². The van der Waals surface area contributed by atoms with Crippen LogP contribution in [0.4, 0.5) is 0 Å². The predicted molar refractivity (Wildman–Crippen MR) is 74.8 cm³/mol. The first-order valence-corrected chi connectivity index (χ1v) is 5.90. The van der Waals surface area contributed by atoms with E-state index in [1.54, 1.807) is 0 Å². The second kappa shape index (κ2) is 9.88. The summed E-state index contributed by atoms with van der Waals surface area (Å²) in [5.41, 5.74) is 6.44. The van der Waals surface area contributed by atoms with E-state index in [1.807, 2.05) is 30.3 Å². The van der Waals surface area contributed by atoms with Gasteiger partial charge in [0.15, 0.2) is 0 Å². The molecule has 0 aliphatic rings. The number of carbonyl (C=O) groups is 1. The standard InChI is InChI=1S/C13H20N2O2.ClH/c14-8-6-13(17)15-10-12(7-9-16)11-4-2-1-3-5-11;/h1-5,12,16H,6-10,14H2,(H,15,17);1H. The third-order valence-electron chi connectivity index (χ3n) is 2.67. The monoisotopic (exact) mass is 272 g/mol. The highest BCUT2D eigenvalue weighted by Crippen LogP contribution is 2.17. The van der Waals surface area contributed by atoms with Gasteiger partial charge < -0.3 is 16.2 Å². The minimum atomic E-state index is -0.0358. The largest absolute Gasteiger partial charge is 0.396 e. The zero-order chi connectivity index (χ0) is 12.5. The van der Waals surface area contributed by atoms with E-state index in [9.17, 15) is 4.79 Å². The first-order valence-electron chi connectivity index (χ1n) is 5.90. The van der Waals surface area contributed by atoms with E-state index < -0.39 is 0 Å². The highest BCUT2D eigenvalue weighted by molar-refractivity contribution is 5.85. The molecule has 0 aromatic heterocycles. The van der Waals surface area contributed by atoms with Crippen molar-refractivity contribution in [1.82, 2.24) is 5.32 Å². The van der Waals surface area contributed by atoms with Crippen molar-refractivity contribution < 1.29 is 9.90 Å². The Labute approximate surface area is 114 Å². The SMILES string of the molecule is Cl.NCCC(=O)NCC(CCO)c1ccccc1. The number of rotatable bonds is 7. The van der Waals surface area contributed by atoms with Gasteiger partial charge in [-0.2, -0.15) is 0 Å². The number of hydrogen-bond acceptors (Lipinski definition) is 3. The van der Waals surface area contributed by atoms with Gasteiger partial charge in [0.1, 0.15) is 0 Å². The predicted octanol–water partition coefficient (Wildman–Crippen LogP) is 1.04. The average molecular weight is 273 g/mol. The van der Waals surface area contributed by atoms with Crippen LogP contribution in [0.1, 0.15) is 24.3 Å².